The van der Waals surface area contributed by atoms with Gasteiger partial charge in [-0.15, -0.1) is 0 Å². The fourth-order valence-corrected chi connectivity index (χ4v) is 12.8. The molecule has 0 saturated carbocycles. The van der Waals surface area contributed by atoms with Crippen LogP contribution in [0.15, 0.2) is 144 Å². The normalized spacial score (nSPS) is 18.0. The molecule has 0 atom stereocenters. The first-order chi connectivity index (χ1) is 32.7. The summed E-state index contributed by atoms with van der Waals surface area (Å²) in [6.07, 6.45) is 4.64. The van der Waals surface area contributed by atoms with Gasteiger partial charge in [0.2, 0.25) is 0 Å². The average Bonchev–Trinajstić information content (AvgIpc) is 3.70. The Balaban J connectivity index is 1.21. The molecular formula is C65H67BN2O. The lowest BCUT2D eigenvalue weighted by atomic mass is 9.35. The number of hydrogen-bond donors (Lipinski definition) is 0. The van der Waals surface area contributed by atoms with Crippen LogP contribution in [0.4, 0.5) is 34.1 Å². The SMILES string of the molecule is Cc1cc2c3c(c1)N(c1ccc4c(c1)C(C)(C)CCC4(C)C)c1c(oc4ccc(C(C)(C)C)cc14)B3c1cc(-c3ccccc3)ccc1N2c1cc2c(cc1-c1ccccc1)C(C)(C)CCC2(C)C. The molecule has 346 valence electrons. The summed E-state index contributed by atoms with van der Waals surface area (Å²) in [7, 11) is 0. The number of furan rings is 1. The van der Waals surface area contributed by atoms with Crippen molar-refractivity contribution < 1.29 is 4.42 Å². The Morgan fingerprint density at radius 1 is 0.493 bits per heavy atom. The Bertz CT molecular complexity index is 3400. The van der Waals surface area contributed by atoms with Crippen molar-refractivity contribution in [2.75, 3.05) is 9.80 Å². The fourth-order valence-electron chi connectivity index (χ4n) is 12.8. The maximum Gasteiger partial charge on any atom is 0.297 e. The molecule has 0 saturated heterocycles. The van der Waals surface area contributed by atoms with E-state index in [9.17, 15) is 0 Å². The molecule has 2 aliphatic carbocycles. The summed E-state index contributed by atoms with van der Waals surface area (Å²) in [6.45, 7) is 28.7. The van der Waals surface area contributed by atoms with Crippen LogP contribution in [-0.2, 0) is 27.1 Å². The number of rotatable bonds is 4. The highest BCUT2D eigenvalue weighted by atomic mass is 16.3. The number of anilines is 6. The maximum absolute atomic E-state index is 7.48. The smallest absolute Gasteiger partial charge is 0.297 e. The zero-order chi connectivity index (χ0) is 48.2. The molecule has 0 unspecified atom stereocenters. The summed E-state index contributed by atoms with van der Waals surface area (Å²) < 4.78 is 7.48. The van der Waals surface area contributed by atoms with Crippen LogP contribution in [0.2, 0.25) is 0 Å². The van der Waals surface area contributed by atoms with E-state index < -0.39 is 0 Å². The van der Waals surface area contributed by atoms with E-state index in [4.69, 9.17) is 4.42 Å². The molecule has 4 heteroatoms. The molecule has 1 aromatic heterocycles. The lowest BCUT2D eigenvalue weighted by Gasteiger charge is -2.46. The van der Waals surface area contributed by atoms with Gasteiger partial charge in [-0.3, -0.25) is 0 Å². The van der Waals surface area contributed by atoms with Gasteiger partial charge in [0.15, 0.2) is 0 Å². The quantitative estimate of drug-likeness (QED) is 0.164. The molecule has 0 radical (unpaired) electrons. The Hall–Kier alpha value is -6.26. The van der Waals surface area contributed by atoms with Crippen molar-refractivity contribution in [3.05, 3.63) is 173 Å². The third-order valence-electron chi connectivity index (χ3n) is 17.2. The molecule has 3 nitrogen and oxygen atoms in total. The lowest BCUT2D eigenvalue weighted by molar-refractivity contribution is 0.332. The molecule has 0 amide bonds. The van der Waals surface area contributed by atoms with Gasteiger partial charge in [0.05, 0.1) is 17.0 Å². The van der Waals surface area contributed by atoms with E-state index in [1.807, 2.05) is 0 Å². The summed E-state index contributed by atoms with van der Waals surface area (Å²) in [4.78, 5) is 5.25. The Labute approximate surface area is 411 Å². The Kier molecular flexibility index (Phi) is 9.48. The number of fused-ring (bicyclic) bond motifs is 8. The molecule has 8 aromatic rings. The third kappa shape index (κ3) is 6.75. The van der Waals surface area contributed by atoms with Gasteiger partial charge < -0.3 is 14.2 Å². The number of nitrogens with zero attached hydrogens (tertiary/aromatic N) is 2. The first-order valence-electron chi connectivity index (χ1n) is 25.6. The summed E-state index contributed by atoms with van der Waals surface area (Å²) >= 11 is 0. The van der Waals surface area contributed by atoms with Gasteiger partial charge in [0, 0.05) is 33.7 Å². The van der Waals surface area contributed by atoms with Crippen LogP contribution in [0.1, 0.15) is 135 Å². The van der Waals surface area contributed by atoms with Crippen molar-refractivity contribution in [2.45, 2.75) is 136 Å². The van der Waals surface area contributed by atoms with Gasteiger partial charge >= 0.3 is 0 Å². The van der Waals surface area contributed by atoms with Crippen LogP contribution >= 0.6 is 0 Å². The summed E-state index contributed by atoms with van der Waals surface area (Å²) in [5.74, 6) is 0. The van der Waals surface area contributed by atoms with E-state index in [-0.39, 0.29) is 33.8 Å². The Morgan fingerprint density at radius 3 is 1.71 bits per heavy atom. The molecule has 69 heavy (non-hydrogen) atoms. The highest BCUT2D eigenvalue weighted by Gasteiger charge is 2.49. The van der Waals surface area contributed by atoms with Gasteiger partial charge in [-0.2, -0.15) is 0 Å². The molecule has 0 spiro atoms. The van der Waals surface area contributed by atoms with E-state index in [1.165, 1.54) is 101 Å². The minimum absolute atomic E-state index is 0.0137. The highest BCUT2D eigenvalue weighted by Crippen LogP contribution is 2.55. The number of benzene rings is 7. The van der Waals surface area contributed by atoms with Gasteiger partial charge in [0.1, 0.15) is 5.58 Å². The monoisotopic (exact) mass is 903 g/mol. The van der Waals surface area contributed by atoms with E-state index in [1.54, 1.807) is 0 Å². The van der Waals surface area contributed by atoms with Crippen LogP contribution in [-0.4, -0.2) is 6.71 Å². The maximum atomic E-state index is 7.48. The molecule has 12 rings (SSSR count). The molecule has 3 heterocycles. The second kappa shape index (κ2) is 14.9. The van der Waals surface area contributed by atoms with E-state index >= 15 is 0 Å². The third-order valence-corrected chi connectivity index (χ3v) is 17.2. The fraction of sp³-hybridized carbons (Fsp3) is 0.323. The molecule has 0 fully saturated rings. The topological polar surface area (TPSA) is 19.6 Å². The Morgan fingerprint density at radius 2 is 1.07 bits per heavy atom. The van der Waals surface area contributed by atoms with Gasteiger partial charge in [-0.05, 0) is 175 Å². The van der Waals surface area contributed by atoms with Crippen molar-refractivity contribution in [3.63, 3.8) is 0 Å². The van der Waals surface area contributed by atoms with Gasteiger partial charge in [0.25, 0.3) is 6.71 Å². The molecule has 0 N–H and O–H groups in total. The van der Waals surface area contributed by atoms with Crippen LogP contribution < -0.4 is 26.4 Å². The minimum Gasteiger partial charge on any atom is -0.468 e. The van der Waals surface area contributed by atoms with Crippen molar-refractivity contribution in [1.29, 1.82) is 0 Å². The van der Waals surface area contributed by atoms with Crippen LogP contribution in [0, 0.1) is 6.92 Å². The first-order valence-corrected chi connectivity index (χ1v) is 25.6. The van der Waals surface area contributed by atoms with Crippen LogP contribution in [0.25, 0.3) is 33.2 Å². The minimum atomic E-state index is -0.163. The standard InChI is InChI=1S/C65H67BN2O/c1-40-33-55-58-56(34-40)68(54-39-51-50(64(9,10)31-32-65(51,11)12)38-46(54)42-21-17-14-18-22-42)53-27-23-43(41-19-15-13-16-20-41)35-52(53)66(58)60-59(47-36-44(61(2,3)4)24-28-57(47)69-60)67(55)45-25-26-48-49(37-45)63(7,8)30-29-62(48,5)6/h13-28,33-39H,29-32H2,1-12H3. The number of aryl methyl sites for hydroxylation is 1. The molecule has 0 bridgehead atoms. The van der Waals surface area contributed by atoms with Crippen molar-refractivity contribution in [3.8, 4) is 22.3 Å². The molecule has 4 aliphatic rings. The summed E-state index contributed by atoms with van der Waals surface area (Å²) in [5, 5.41) is 1.16. The summed E-state index contributed by atoms with van der Waals surface area (Å²) in [5.41, 5.74) is 25.1. The molecule has 2 aliphatic heterocycles. The second-order valence-electron chi connectivity index (χ2n) is 24.8. The zero-order valence-electron chi connectivity index (χ0n) is 43.0. The first kappa shape index (κ1) is 44.0. The van der Waals surface area contributed by atoms with E-state index in [2.05, 4.69) is 232 Å². The molecular weight excluding hydrogens is 836 g/mol. The van der Waals surface area contributed by atoms with Crippen molar-refractivity contribution in [1.82, 2.24) is 0 Å². The predicted octanol–water partition coefficient (Wildman–Crippen LogP) is 16.2. The van der Waals surface area contributed by atoms with Crippen molar-refractivity contribution >= 4 is 68.4 Å². The second-order valence-corrected chi connectivity index (χ2v) is 24.8. The van der Waals surface area contributed by atoms with Crippen LogP contribution in [0.5, 0.6) is 0 Å². The highest BCUT2D eigenvalue weighted by molar-refractivity contribution is 7.00. The zero-order valence-corrected chi connectivity index (χ0v) is 43.0. The van der Waals surface area contributed by atoms with Crippen molar-refractivity contribution in [2.24, 2.45) is 0 Å². The predicted molar refractivity (Wildman–Crippen MR) is 295 cm³/mol. The summed E-state index contributed by atoms with van der Waals surface area (Å²) in [6, 6.07) is 53.7. The number of hydrogen-bond acceptors (Lipinski definition) is 3. The van der Waals surface area contributed by atoms with Crippen LogP contribution in [0.3, 0.4) is 0 Å². The lowest BCUT2D eigenvalue weighted by Crippen LogP contribution is -2.61. The largest absolute Gasteiger partial charge is 0.468 e. The van der Waals surface area contributed by atoms with Gasteiger partial charge in [-0.1, -0.05) is 161 Å². The molecule has 7 aromatic carbocycles. The van der Waals surface area contributed by atoms with E-state index in [0.717, 1.165) is 41.6 Å². The van der Waals surface area contributed by atoms with Gasteiger partial charge in [-0.25, -0.2) is 0 Å². The van der Waals surface area contributed by atoms with E-state index in [0.29, 0.717) is 0 Å². The average molecular weight is 903 g/mol.